The van der Waals surface area contributed by atoms with Crippen LogP contribution in [-0.4, -0.2) is 60.0 Å². The first-order valence-corrected chi connectivity index (χ1v) is 10.3. The fourth-order valence-electron chi connectivity index (χ4n) is 2.60. The molecule has 0 aliphatic rings. The molecule has 150 valence electrons. The van der Waals surface area contributed by atoms with Gasteiger partial charge in [0.1, 0.15) is 5.75 Å². The zero-order valence-corrected chi connectivity index (χ0v) is 18.1. The maximum atomic E-state index is 13.0. The van der Waals surface area contributed by atoms with Crippen LogP contribution in [0, 0.1) is 5.92 Å². The van der Waals surface area contributed by atoms with Crippen LogP contribution in [0.4, 0.5) is 0 Å². The molecule has 0 spiro atoms. The number of nitrogens with zero attached hydrogens (tertiary/aromatic N) is 1. The number of amides is 2. The number of rotatable bonds is 10. The molecule has 1 aromatic rings. The first-order valence-electron chi connectivity index (χ1n) is 8.75. The molecule has 2 unspecified atom stereocenters. The molecule has 0 saturated heterocycles. The third kappa shape index (κ3) is 5.92. The zero-order chi connectivity index (χ0) is 20.6. The van der Waals surface area contributed by atoms with Gasteiger partial charge in [0.2, 0.25) is 0 Å². The number of hydrogen-bond donors (Lipinski definition) is 2. The molecular weight excluding hydrogens is 384 g/mol. The molecule has 2 N–H and O–H groups in total. The van der Waals surface area contributed by atoms with E-state index in [1.807, 2.05) is 13.8 Å². The van der Waals surface area contributed by atoms with Gasteiger partial charge in [-0.15, -0.1) is 11.8 Å². The third-order valence-electron chi connectivity index (χ3n) is 4.50. The Morgan fingerprint density at radius 3 is 2.56 bits per heavy atom. The van der Waals surface area contributed by atoms with Crippen molar-refractivity contribution in [2.75, 3.05) is 33.5 Å². The number of benzene rings is 1. The first-order chi connectivity index (χ1) is 12.8. The predicted octanol–water partition coefficient (Wildman–Crippen LogP) is 2.90. The Morgan fingerprint density at radius 2 is 2.04 bits per heavy atom. The largest absolute Gasteiger partial charge is 0.495 e. The minimum atomic E-state index is -0.786. The molecule has 2 amide bonds. The zero-order valence-electron chi connectivity index (χ0n) is 16.4. The van der Waals surface area contributed by atoms with Crippen LogP contribution < -0.4 is 10.1 Å². The summed E-state index contributed by atoms with van der Waals surface area (Å²) in [5.74, 6) is 0.202. The van der Waals surface area contributed by atoms with E-state index < -0.39 is 6.10 Å². The summed E-state index contributed by atoms with van der Waals surface area (Å²) in [7, 11) is 4.62. The van der Waals surface area contributed by atoms with Crippen LogP contribution in [0.1, 0.15) is 52.7 Å². The Hall–Kier alpha value is -1.64. The number of thiocarbonyl (C=S) groups is 1. The molecule has 27 heavy (non-hydrogen) atoms. The summed E-state index contributed by atoms with van der Waals surface area (Å²) in [6.45, 7) is 4.39. The molecular formula is C19H28N2O4S2. The highest BCUT2D eigenvalue weighted by atomic mass is 32.2. The van der Waals surface area contributed by atoms with Crippen LogP contribution in [-0.2, 0) is 0 Å². The van der Waals surface area contributed by atoms with Crippen molar-refractivity contribution in [1.29, 1.82) is 0 Å². The van der Waals surface area contributed by atoms with Crippen LogP contribution in [0.25, 0.3) is 0 Å². The predicted molar refractivity (Wildman–Crippen MR) is 114 cm³/mol. The lowest BCUT2D eigenvalue weighted by atomic mass is 9.91. The molecule has 8 heteroatoms. The Kier molecular flexibility index (Phi) is 9.76. The molecule has 1 rings (SSSR count). The van der Waals surface area contributed by atoms with Crippen LogP contribution in [0.15, 0.2) is 12.1 Å². The van der Waals surface area contributed by atoms with Gasteiger partial charge < -0.3 is 20.1 Å². The highest BCUT2D eigenvalue weighted by Crippen LogP contribution is 2.32. The maximum absolute atomic E-state index is 13.0. The average molecular weight is 413 g/mol. The molecule has 0 heterocycles. The number of aliphatic hydroxyl groups excluding tert-OH is 1. The van der Waals surface area contributed by atoms with Crippen molar-refractivity contribution in [3.8, 4) is 5.75 Å². The number of carbonyl (C=O) groups excluding carboxylic acids is 2. The summed E-state index contributed by atoms with van der Waals surface area (Å²) in [5.41, 5.74) is 1.00. The Bertz CT molecular complexity index is 682. The van der Waals surface area contributed by atoms with E-state index in [-0.39, 0.29) is 34.6 Å². The quantitative estimate of drug-likeness (QED) is 0.454. The van der Waals surface area contributed by atoms with E-state index in [0.717, 1.165) is 6.42 Å². The standard InChI is InChI=1S/C19H28N2O4S2/c1-6-12(2)16(22)13-9-14(18(23)20-3)17(25-5)15(10-13)19(24)21(4)7-8-27-11-26/h9-12,16,22H,6-8H2,1-5H3,(H,20,23). The Labute approximate surface area is 170 Å². The molecule has 0 fully saturated rings. The maximum Gasteiger partial charge on any atom is 0.257 e. The van der Waals surface area contributed by atoms with Crippen LogP contribution in [0.3, 0.4) is 0 Å². The SMILES string of the molecule is CCC(C)C(O)c1cc(C(=O)NC)c(OC)c(C(=O)N(C)CCSC=S)c1. The molecule has 0 radical (unpaired) electrons. The van der Waals surface area contributed by atoms with E-state index in [2.05, 4.69) is 5.32 Å². The second kappa shape index (κ2) is 11.3. The number of carbonyl (C=O) groups is 2. The summed E-state index contributed by atoms with van der Waals surface area (Å²) in [4.78, 5) is 26.9. The van der Waals surface area contributed by atoms with Crippen LogP contribution in [0.2, 0.25) is 0 Å². The summed E-state index contributed by atoms with van der Waals surface area (Å²) >= 11 is 6.23. The van der Waals surface area contributed by atoms with Crippen molar-refractivity contribution in [2.45, 2.75) is 26.4 Å². The Morgan fingerprint density at radius 1 is 1.41 bits per heavy atom. The second-order valence-corrected chi connectivity index (χ2v) is 7.76. The summed E-state index contributed by atoms with van der Waals surface area (Å²) < 4.78 is 6.96. The highest BCUT2D eigenvalue weighted by molar-refractivity contribution is 8.20. The van der Waals surface area contributed by atoms with Gasteiger partial charge in [-0.2, -0.15) is 0 Å². The van der Waals surface area contributed by atoms with E-state index >= 15 is 0 Å². The van der Waals surface area contributed by atoms with Gasteiger partial charge in [-0.1, -0.05) is 32.5 Å². The highest BCUT2D eigenvalue weighted by Gasteiger charge is 2.26. The van der Waals surface area contributed by atoms with E-state index in [4.69, 9.17) is 17.0 Å². The molecule has 0 aliphatic heterocycles. The topological polar surface area (TPSA) is 78.9 Å². The monoisotopic (exact) mass is 412 g/mol. The van der Waals surface area contributed by atoms with Gasteiger partial charge in [-0.25, -0.2) is 0 Å². The van der Waals surface area contributed by atoms with Crippen LogP contribution >= 0.6 is 24.0 Å². The summed E-state index contributed by atoms with van der Waals surface area (Å²) in [6, 6.07) is 3.21. The fraction of sp³-hybridized carbons (Fsp3) is 0.526. The van der Waals surface area contributed by atoms with E-state index in [1.165, 1.54) is 25.9 Å². The van der Waals surface area contributed by atoms with Gasteiger partial charge in [0.05, 0.1) is 24.3 Å². The first kappa shape index (κ1) is 23.4. The van der Waals surface area contributed by atoms with Gasteiger partial charge in [0.25, 0.3) is 11.8 Å². The lowest BCUT2D eigenvalue weighted by Crippen LogP contribution is -2.30. The van der Waals surface area contributed by atoms with Crippen LogP contribution in [0.5, 0.6) is 5.75 Å². The minimum Gasteiger partial charge on any atom is -0.495 e. The number of thioether (sulfide) groups is 1. The van der Waals surface area contributed by atoms with Gasteiger partial charge in [-0.05, 0) is 23.6 Å². The molecule has 0 aliphatic carbocycles. The van der Waals surface area contributed by atoms with Crippen molar-refractivity contribution in [1.82, 2.24) is 10.2 Å². The number of aliphatic hydroxyl groups is 1. The third-order valence-corrected chi connectivity index (χ3v) is 5.46. The molecule has 6 nitrogen and oxygen atoms in total. The number of nitrogens with one attached hydrogen (secondary N) is 1. The van der Waals surface area contributed by atoms with Crippen molar-refractivity contribution in [2.24, 2.45) is 5.92 Å². The average Bonchev–Trinajstić information content (AvgIpc) is 2.70. The normalized spacial score (nSPS) is 12.8. The van der Waals surface area contributed by atoms with E-state index in [1.54, 1.807) is 28.8 Å². The molecule has 0 saturated carbocycles. The number of ether oxygens (including phenoxy) is 1. The second-order valence-electron chi connectivity index (χ2n) is 6.25. The summed E-state index contributed by atoms with van der Waals surface area (Å²) in [6.07, 6.45) is -0.0212. The Balaban J connectivity index is 3.43. The lowest BCUT2D eigenvalue weighted by molar-refractivity contribution is 0.0799. The van der Waals surface area contributed by atoms with Gasteiger partial charge in [-0.3, -0.25) is 9.59 Å². The van der Waals surface area contributed by atoms with Gasteiger partial charge >= 0.3 is 0 Å². The molecule has 0 bridgehead atoms. The van der Waals surface area contributed by atoms with Gasteiger partial charge in [0, 0.05) is 31.1 Å². The van der Waals surface area contributed by atoms with Crippen molar-refractivity contribution >= 4 is 40.5 Å². The molecule has 0 aromatic heterocycles. The van der Waals surface area contributed by atoms with Crippen molar-refractivity contribution < 1.29 is 19.4 Å². The minimum absolute atomic E-state index is 0.0180. The van der Waals surface area contributed by atoms with E-state index in [0.29, 0.717) is 17.9 Å². The number of methoxy groups -OCH3 is 1. The summed E-state index contributed by atoms with van der Waals surface area (Å²) in [5, 5.41) is 13.2. The molecule has 1 aromatic carbocycles. The smallest absolute Gasteiger partial charge is 0.257 e. The van der Waals surface area contributed by atoms with Crippen molar-refractivity contribution in [3.63, 3.8) is 0 Å². The number of hydrogen-bond acceptors (Lipinski definition) is 6. The fourth-order valence-corrected chi connectivity index (χ4v) is 3.36. The lowest BCUT2D eigenvalue weighted by Gasteiger charge is -2.23. The van der Waals surface area contributed by atoms with E-state index in [9.17, 15) is 14.7 Å². The van der Waals surface area contributed by atoms with Gasteiger partial charge in [0.15, 0.2) is 0 Å². The molecule has 2 atom stereocenters. The van der Waals surface area contributed by atoms with Crippen molar-refractivity contribution in [3.05, 3.63) is 28.8 Å².